The number of halogens is 4. The lowest BCUT2D eigenvalue weighted by Crippen LogP contribution is -2.20. The van der Waals surface area contributed by atoms with Gasteiger partial charge in [-0.3, -0.25) is 10.6 Å². The predicted octanol–water partition coefficient (Wildman–Crippen LogP) is 10.4. The molecule has 244 valence electrons. The van der Waals surface area contributed by atoms with Crippen molar-refractivity contribution in [2.75, 3.05) is 23.8 Å². The van der Waals surface area contributed by atoms with Gasteiger partial charge >= 0.3 is 18.3 Å². The lowest BCUT2D eigenvalue weighted by Gasteiger charge is -2.16. The number of ether oxygens (including phenoxy) is 4. The molecule has 0 heterocycles. The maximum Gasteiger partial charge on any atom is 0.519 e. The second-order valence-corrected chi connectivity index (χ2v) is 11.1. The molecule has 0 bridgehead atoms. The second-order valence-electron chi connectivity index (χ2n) is 10.3. The van der Waals surface area contributed by atoms with Crippen LogP contribution in [0.3, 0.4) is 0 Å². The quantitative estimate of drug-likeness (QED) is 0.136. The van der Waals surface area contributed by atoms with Crippen LogP contribution in [0.2, 0.25) is 10.0 Å². The summed E-state index contributed by atoms with van der Waals surface area (Å²) >= 11 is 12.1. The fraction of sp³-hybridized carbons (Fsp3) is 0.516. The monoisotopic (exact) mass is 660 g/mol. The van der Waals surface area contributed by atoms with E-state index in [2.05, 4.69) is 24.5 Å². The minimum atomic E-state index is -1.36. The normalized spacial score (nSPS) is 12.2. The first-order valence-corrected chi connectivity index (χ1v) is 15.5. The number of unbranched alkanes of at least 4 members (excludes halogenated alkanes) is 2. The molecule has 0 saturated heterocycles. The lowest BCUT2D eigenvalue weighted by atomic mass is 10.0. The van der Waals surface area contributed by atoms with Crippen molar-refractivity contribution in [3.8, 4) is 11.5 Å². The molecule has 2 aromatic carbocycles. The van der Waals surface area contributed by atoms with Gasteiger partial charge in [-0.1, -0.05) is 89.4 Å². The molecule has 0 spiro atoms. The summed E-state index contributed by atoms with van der Waals surface area (Å²) in [5, 5.41) is 3.93. The van der Waals surface area contributed by atoms with E-state index in [0.717, 1.165) is 75.6 Å². The highest BCUT2D eigenvalue weighted by atomic mass is 35.5. The highest BCUT2D eigenvalue weighted by Gasteiger charge is 2.20. The molecule has 2 atom stereocenters. The van der Waals surface area contributed by atoms with E-state index in [4.69, 9.17) is 42.1 Å². The topological polar surface area (TPSA) is 112 Å². The molecular formula is C31H40Cl2F2N2O7. The van der Waals surface area contributed by atoms with Crippen LogP contribution in [0.15, 0.2) is 24.3 Å². The minimum absolute atomic E-state index is 0.165. The van der Waals surface area contributed by atoms with Crippen molar-refractivity contribution in [1.29, 1.82) is 0 Å². The number of benzene rings is 2. The minimum Gasteiger partial charge on any atom is -0.449 e. The summed E-state index contributed by atoms with van der Waals surface area (Å²) in [6.45, 7) is 8.45. The maximum atomic E-state index is 14.5. The predicted molar refractivity (Wildman–Crippen MR) is 166 cm³/mol. The molecule has 2 unspecified atom stereocenters. The van der Waals surface area contributed by atoms with Gasteiger partial charge in [0.25, 0.3) is 0 Å². The zero-order valence-corrected chi connectivity index (χ0v) is 26.9. The number of anilines is 2. The smallest absolute Gasteiger partial charge is 0.449 e. The van der Waals surface area contributed by atoms with Gasteiger partial charge in [0.15, 0.2) is 11.5 Å². The van der Waals surface area contributed by atoms with Crippen LogP contribution in [0.25, 0.3) is 0 Å². The summed E-state index contributed by atoms with van der Waals surface area (Å²) in [5.74, 6) is -2.15. The fourth-order valence-corrected chi connectivity index (χ4v) is 4.46. The van der Waals surface area contributed by atoms with E-state index >= 15 is 0 Å². The van der Waals surface area contributed by atoms with Gasteiger partial charge in [0, 0.05) is 12.1 Å². The molecule has 13 heteroatoms. The molecule has 44 heavy (non-hydrogen) atoms. The molecule has 0 aliphatic carbocycles. The van der Waals surface area contributed by atoms with E-state index in [1.165, 1.54) is 0 Å². The number of amides is 2. The van der Waals surface area contributed by atoms with Crippen molar-refractivity contribution >= 4 is 52.9 Å². The summed E-state index contributed by atoms with van der Waals surface area (Å²) < 4.78 is 49.6. The van der Waals surface area contributed by atoms with Gasteiger partial charge in [-0.25, -0.2) is 23.2 Å². The van der Waals surface area contributed by atoms with Crippen LogP contribution in [0, 0.1) is 23.5 Å². The highest BCUT2D eigenvalue weighted by molar-refractivity contribution is 6.32. The van der Waals surface area contributed by atoms with Gasteiger partial charge in [0.05, 0.1) is 34.6 Å². The molecule has 2 aromatic rings. The van der Waals surface area contributed by atoms with Crippen LogP contribution >= 0.6 is 23.2 Å². The van der Waals surface area contributed by atoms with Gasteiger partial charge < -0.3 is 18.9 Å². The van der Waals surface area contributed by atoms with Gasteiger partial charge in [0.2, 0.25) is 0 Å². The first kappa shape index (κ1) is 36.9. The number of hydrogen-bond donors (Lipinski definition) is 2. The SMILES string of the molecule is CCCCC(CC)COC(=O)Nc1cc(OC(=O)Oc2cc(NC(=O)OCC(CC)CCCC)c(F)cc2Cl)c(Cl)cc1F. The Morgan fingerprint density at radius 3 is 1.43 bits per heavy atom. The Kier molecular flexibility index (Phi) is 16.1. The lowest BCUT2D eigenvalue weighted by molar-refractivity contribution is 0.135. The third-order valence-corrected chi connectivity index (χ3v) is 7.48. The van der Waals surface area contributed by atoms with E-state index in [0.29, 0.717) is 0 Å². The number of hydrogen-bond acceptors (Lipinski definition) is 7. The van der Waals surface area contributed by atoms with Gasteiger partial charge in [-0.2, -0.15) is 0 Å². The maximum absolute atomic E-state index is 14.5. The Morgan fingerprint density at radius 1 is 0.705 bits per heavy atom. The molecule has 0 saturated carbocycles. The number of carbonyl (C=O) groups excluding carboxylic acids is 3. The zero-order valence-electron chi connectivity index (χ0n) is 25.4. The third kappa shape index (κ3) is 12.4. The molecule has 0 aliphatic rings. The van der Waals surface area contributed by atoms with Crippen LogP contribution < -0.4 is 20.1 Å². The fourth-order valence-electron chi connectivity index (χ4n) is 4.08. The summed E-state index contributed by atoms with van der Waals surface area (Å²) in [7, 11) is 0. The Morgan fingerprint density at radius 2 is 1.09 bits per heavy atom. The van der Waals surface area contributed by atoms with Gasteiger partial charge in [-0.05, 0) is 36.8 Å². The van der Waals surface area contributed by atoms with E-state index in [-0.39, 0.29) is 58.0 Å². The molecule has 2 N–H and O–H groups in total. The van der Waals surface area contributed by atoms with Crippen molar-refractivity contribution in [3.05, 3.63) is 45.9 Å². The summed E-state index contributed by atoms with van der Waals surface area (Å²) in [6, 6.07) is 3.63. The first-order chi connectivity index (χ1) is 21.0. The third-order valence-electron chi connectivity index (χ3n) is 6.89. The van der Waals surface area contributed by atoms with Crippen LogP contribution in [-0.2, 0) is 9.47 Å². The standard InChI is InChI=1S/C31H40Cl2F2N2O7/c1-5-9-11-19(7-3)17-41-29(38)36-25-15-27(21(32)13-23(25)34)43-31(40)44-28-16-26(24(35)14-22(28)33)37-30(39)42-18-20(8-4)12-10-6-2/h13-16,19-20H,5-12,17-18H2,1-4H3,(H,36,38)(H,37,39). The van der Waals surface area contributed by atoms with Gasteiger partial charge in [-0.15, -0.1) is 0 Å². The zero-order chi connectivity index (χ0) is 32.6. The molecule has 9 nitrogen and oxygen atoms in total. The average Bonchev–Trinajstić information content (AvgIpc) is 2.98. The van der Waals surface area contributed by atoms with Crippen LogP contribution in [0.4, 0.5) is 34.5 Å². The largest absolute Gasteiger partial charge is 0.519 e. The number of nitrogens with one attached hydrogen (secondary N) is 2. The molecule has 0 fully saturated rings. The van der Waals surface area contributed by atoms with E-state index in [1.807, 2.05) is 13.8 Å². The Balaban J connectivity index is 2.05. The Labute approximate surface area is 266 Å². The van der Waals surface area contributed by atoms with E-state index in [1.54, 1.807) is 0 Å². The van der Waals surface area contributed by atoms with Crippen LogP contribution in [0.5, 0.6) is 11.5 Å². The average molecular weight is 662 g/mol. The molecule has 0 radical (unpaired) electrons. The number of rotatable bonds is 16. The number of carbonyl (C=O) groups is 3. The van der Waals surface area contributed by atoms with Crippen molar-refractivity contribution in [2.24, 2.45) is 11.8 Å². The summed E-state index contributed by atoms with van der Waals surface area (Å²) in [6.07, 6.45) is 4.32. The summed E-state index contributed by atoms with van der Waals surface area (Å²) in [5.41, 5.74) is -0.706. The Hall–Kier alpha value is -3.31. The molecule has 2 rings (SSSR count). The van der Waals surface area contributed by atoms with Crippen molar-refractivity contribution in [3.63, 3.8) is 0 Å². The Bertz CT molecular complexity index is 1170. The van der Waals surface area contributed by atoms with Crippen molar-refractivity contribution < 1.29 is 42.1 Å². The van der Waals surface area contributed by atoms with Crippen LogP contribution in [0.1, 0.15) is 79.1 Å². The highest BCUT2D eigenvalue weighted by Crippen LogP contribution is 2.34. The van der Waals surface area contributed by atoms with Gasteiger partial charge in [0.1, 0.15) is 11.6 Å². The summed E-state index contributed by atoms with van der Waals surface area (Å²) in [4.78, 5) is 37.1. The molecule has 0 aromatic heterocycles. The first-order valence-electron chi connectivity index (χ1n) is 14.8. The molecular weight excluding hydrogens is 621 g/mol. The molecule has 0 aliphatic heterocycles. The van der Waals surface area contributed by atoms with E-state index < -0.39 is 30.0 Å². The van der Waals surface area contributed by atoms with Crippen molar-refractivity contribution in [2.45, 2.75) is 79.1 Å². The van der Waals surface area contributed by atoms with Crippen LogP contribution in [-0.4, -0.2) is 31.6 Å². The molecule has 2 amide bonds. The van der Waals surface area contributed by atoms with Crippen molar-refractivity contribution in [1.82, 2.24) is 0 Å². The van der Waals surface area contributed by atoms with E-state index in [9.17, 15) is 23.2 Å². The second kappa shape index (κ2) is 19.2.